The highest BCUT2D eigenvalue weighted by Crippen LogP contribution is 2.36. The number of para-hydroxylation sites is 1. The molecule has 2 aliphatic heterocycles. The Labute approximate surface area is 157 Å². The summed E-state index contributed by atoms with van der Waals surface area (Å²) in [5, 5.41) is 5.58. The molecular weight excluding hydrogens is 348 g/mol. The summed E-state index contributed by atoms with van der Waals surface area (Å²) in [5.74, 6) is -0.660. The molecule has 2 bridgehead atoms. The average molecular weight is 371 g/mol. The lowest BCUT2D eigenvalue weighted by Crippen LogP contribution is -2.50. The molecule has 142 valence electrons. The maximum absolute atomic E-state index is 13.7. The SMILES string of the molecule is O=C(Nc1ccccc1F)NC1CC2CCC(C1)N2Cc1ccc(F)cc1. The molecule has 27 heavy (non-hydrogen) atoms. The van der Waals surface area contributed by atoms with Crippen LogP contribution in [0.5, 0.6) is 0 Å². The Morgan fingerprint density at radius 3 is 2.33 bits per heavy atom. The van der Waals surface area contributed by atoms with Gasteiger partial charge >= 0.3 is 6.03 Å². The molecule has 0 aromatic heterocycles. The second-order valence-electron chi connectivity index (χ2n) is 7.43. The van der Waals surface area contributed by atoms with Gasteiger partial charge in [-0.05, 0) is 55.5 Å². The number of hydrogen-bond acceptors (Lipinski definition) is 2. The van der Waals surface area contributed by atoms with Crippen LogP contribution >= 0.6 is 0 Å². The van der Waals surface area contributed by atoms with Gasteiger partial charge in [0.05, 0.1) is 5.69 Å². The summed E-state index contributed by atoms with van der Waals surface area (Å²) in [5.41, 5.74) is 1.30. The highest BCUT2D eigenvalue weighted by Gasteiger charge is 2.40. The van der Waals surface area contributed by atoms with Crippen molar-refractivity contribution in [2.75, 3.05) is 5.32 Å². The molecule has 2 fully saturated rings. The summed E-state index contributed by atoms with van der Waals surface area (Å²) in [7, 11) is 0. The number of carbonyl (C=O) groups is 1. The van der Waals surface area contributed by atoms with E-state index in [0.29, 0.717) is 12.1 Å². The summed E-state index contributed by atoms with van der Waals surface area (Å²) < 4.78 is 26.8. The molecule has 0 aliphatic carbocycles. The zero-order chi connectivity index (χ0) is 18.8. The van der Waals surface area contributed by atoms with Crippen molar-refractivity contribution in [1.29, 1.82) is 0 Å². The molecule has 2 atom stereocenters. The third kappa shape index (κ3) is 4.11. The lowest BCUT2D eigenvalue weighted by Gasteiger charge is -2.39. The Morgan fingerprint density at radius 2 is 1.67 bits per heavy atom. The number of nitrogens with one attached hydrogen (secondary N) is 2. The van der Waals surface area contributed by atoms with Gasteiger partial charge in [-0.25, -0.2) is 13.6 Å². The fraction of sp³-hybridized carbons (Fsp3) is 0.381. The van der Waals surface area contributed by atoms with Crippen molar-refractivity contribution in [3.63, 3.8) is 0 Å². The molecule has 2 amide bonds. The zero-order valence-electron chi connectivity index (χ0n) is 15.0. The van der Waals surface area contributed by atoms with Crippen LogP contribution < -0.4 is 10.6 Å². The minimum atomic E-state index is -0.443. The predicted molar refractivity (Wildman–Crippen MR) is 100 cm³/mol. The van der Waals surface area contributed by atoms with Crippen LogP contribution in [-0.2, 0) is 6.54 Å². The van der Waals surface area contributed by atoms with Gasteiger partial charge in [-0.1, -0.05) is 24.3 Å². The number of urea groups is 1. The highest BCUT2D eigenvalue weighted by molar-refractivity contribution is 5.89. The van der Waals surface area contributed by atoms with Gasteiger partial charge in [0, 0.05) is 24.7 Å². The van der Waals surface area contributed by atoms with Crippen molar-refractivity contribution >= 4 is 11.7 Å². The number of fused-ring (bicyclic) bond motifs is 2. The molecule has 2 saturated heterocycles. The second-order valence-corrected chi connectivity index (χ2v) is 7.43. The van der Waals surface area contributed by atoms with Crippen molar-refractivity contribution in [2.24, 2.45) is 0 Å². The monoisotopic (exact) mass is 371 g/mol. The van der Waals surface area contributed by atoms with Crippen molar-refractivity contribution < 1.29 is 13.6 Å². The average Bonchev–Trinajstić information content (AvgIpc) is 2.87. The Balaban J connectivity index is 1.33. The van der Waals surface area contributed by atoms with Gasteiger partial charge in [0.1, 0.15) is 11.6 Å². The van der Waals surface area contributed by atoms with Crippen molar-refractivity contribution in [2.45, 2.75) is 50.4 Å². The fourth-order valence-corrected chi connectivity index (χ4v) is 4.36. The number of carbonyl (C=O) groups excluding carboxylic acids is 1. The number of piperidine rings is 1. The molecule has 0 saturated carbocycles. The summed E-state index contributed by atoms with van der Waals surface area (Å²) in [6.45, 7) is 0.809. The van der Waals surface area contributed by atoms with Crippen molar-refractivity contribution in [3.8, 4) is 0 Å². The lowest BCUT2D eigenvalue weighted by atomic mass is 9.96. The van der Waals surface area contributed by atoms with Crippen molar-refractivity contribution in [1.82, 2.24) is 10.2 Å². The van der Waals surface area contributed by atoms with Crippen LogP contribution in [0.3, 0.4) is 0 Å². The molecule has 2 aromatic carbocycles. The molecule has 0 radical (unpaired) electrons. The predicted octanol–water partition coefficient (Wildman–Crippen LogP) is 4.28. The number of amides is 2. The molecule has 6 heteroatoms. The number of hydrogen-bond donors (Lipinski definition) is 2. The molecule has 2 aromatic rings. The smallest absolute Gasteiger partial charge is 0.319 e. The van der Waals surface area contributed by atoms with E-state index >= 15 is 0 Å². The highest BCUT2D eigenvalue weighted by atomic mass is 19.1. The molecule has 2 aliphatic rings. The standard InChI is InChI=1S/C21H23F2N3O/c22-15-7-5-14(6-8-15)13-26-17-9-10-18(26)12-16(11-17)24-21(27)25-20-4-2-1-3-19(20)23/h1-8,16-18H,9-13H2,(H2,24,25,27). The van der Waals surface area contributed by atoms with Crippen LogP contribution in [-0.4, -0.2) is 29.1 Å². The second kappa shape index (κ2) is 7.64. The van der Waals surface area contributed by atoms with Crippen LogP contribution in [0.4, 0.5) is 19.3 Å². The van der Waals surface area contributed by atoms with E-state index in [1.165, 1.54) is 18.2 Å². The Bertz CT molecular complexity index is 797. The summed E-state index contributed by atoms with van der Waals surface area (Å²) in [6.07, 6.45) is 3.97. The topological polar surface area (TPSA) is 44.4 Å². The molecule has 2 unspecified atom stereocenters. The molecule has 2 heterocycles. The molecule has 4 nitrogen and oxygen atoms in total. The molecule has 4 rings (SSSR count). The zero-order valence-corrected chi connectivity index (χ0v) is 15.0. The Hall–Kier alpha value is -2.47. The van der Waals surface area contributed by atoms with Gasteiger partial charge in [-0.2, -0.15) is 0 Å². The Kier molecular flexibility index (Phi) is 5.07. The fourth-order valence-electron chi connectivity index (χ4n) is 4.36. The largest absolute Gasteiger partial charge is 0.335 e. The van der Waals surface area contributed by atoms with E-state index in [2.05, 4.69) is 15.5 Å². The molecule has 2 N–H and O–H groups in total. The van der Waals surface area contributed by atoms with Crippen molar-refractivity contribution in [3.05, 3.63) is 65.7 Å². The van der Waals surface area contributed by atoms with Crippen LogP contribution in [0.1, 0.15) is 31.2 Å². The number of anilines is 1. The maximum atomic E-state index is 13.7. The molecule has 0 spiro atoms. The van der Waals surface area contributed by atoms with E-state index < -0.39 is 5.82 Å². The summed E-state index contributed by atoms with van der Waals surface area (Å²) >= 11 is 0. The van der Waals surface area contributed by atoms with E-state index in [0.717, 1.165) is 37.8 Å². The lowest BCUT2D eigenvalue weighted by molar-refractivity contribution is 0.112. The quantitative estimate of drug-likeness (QED) is 0.842. The van der Waals surface area contributed by atoms with E-state index in [-0.39, 0.29) is 23.6 Å². The Morgan fingerprint density at radius 1 is 1.00 bits per heavy atom. The van der Waals surface area contributed by atoms with Gasteiger partial charge in [0.15, 0.2) is 0 Å². The third-order valence-electron chi connectivity index (χ3n) is 5.62. The maximum Gasteiger partial charge on any atom is 0.319 e. The van der Waals surface area contributed by atoms with E-state index in [1.807, 2.05) is 12.1 Å². The van der Waals surface area contributed by atoms with E-state index in [4.69, 9.17) is 0 Å². The number of rotatable bonds is 4. The van der Waals surface area contributed by atoms with Gasteiger partial charge in [0.25, 0.3) is 0 Å². The number of benzene rings is 2. The van der Waals surface area contributed by atoms with Crippen LogP contribution in [0.2, 0.25) is 0 Å². The van der Waals surface area contributed by atoms with Crippen LogP contribution in [0.25, 0.3) is 0 Å². The first-order valence-electron chi connectivity index (χ1n) is 9.41. The van der Waals surface area contributed by atoms with E-state index in [9.17, 15) is 13.6 Å². The number of nitrogens with zero attached hydrogens (tertiary/aromatic N) is 1. The van der Waals surface area contributed by atoms with Crippen LogP contribution in [0, 0.1) is 11.6 Å². The minimum absolute atomic E-state index is 0.0822. The first-order chi connectivity index (χ1) is 13.1. The summed E-state index contributed by atoms with van der Waals surface area (Å²) in [6, 6.07) is 13.3. The molecular formula is C21H23F2N3O. The van der Waals surface area contributed by atoms with Crippen LogP contribution in [0.15, 0.2) is 48.5 Å². The third-order valence-corrected chi connectivity index (χ3v) is 5.62. The number of halogens is 2. The van der Waals surface area contributed by atoms with Gasteiger partial charge in [-0.15, -0.1) is 0 Å². The first-order valence-corrected chi connectivity index (χ1v) is 9.41. The first kappa shape index (κ1) is 17.9. The van der Waals surface area contributed by atoms with Gasteiger partial charge < -0.3 is 10.6 Å². The van der Waals surface area contributed by atoms with Gasteiger partial charge in [-0.3, -0.25) is 4.90 Å². The van der Waals surface area contributed by atoms with Gasteiger partial charge in [0.2, 0.25) is 0 Å². The normalized spacial score (nSPS) is 24.6. The minimum Gasteiger partial charge on any atom is -0.335 e. The van der Waals surface area contributed by atoms with E-state index in [1.54, 1.807) is 18.2 Å². The summed E-state index contributed by atoms with van der Waals surface area (Å²) in [4.78, 5) is 14.7.